The Kier molecular flexibility index (Phi) is 5.77. The number of hydrogen-bond acceptors (Lipinski definition) is 2. The first-order chi connectivity index (χ1) is 16.3. The summed E-state index contributed by atoms with van der Waals surface area (Å²) in [6, 6.07) is 37.6. The molecule has 162 valence electrons. The van der Waals surface area contributed by atoms with Crippen molar-refractivity contribution in [3.8, 4) is 50.8 Å². The van der Waals surface area contributed by atoms with Crippen molar-refractivity contribution in [3.05, 3.63) is 109 Å². The first-order valence-corrected chi connectivity index (χ1v) is 11.3. The van der Waals surface area contributed by atoms with E-state index in [9.17, 15) is 0 Å². The third-order valence-corrected chi connectivity index (χ3v) is 5.81. The number of imidazole rings is 1. The van der Waals surface area contributed by atoms with Gasteiger partial charge in [0.05, 0.1) is 18.0 Å². The van der Waals surface area contributed by atoms with Gasteiger partial charge < -0.3 is 9.30 Å². The van der Waals surface area contributed by atoms with Crippen LogP contribution in [0.25, 0.3) is 45.0 Å². The highest BCUT2D eigenvalue weighted by molar-refractivity contribution is 5.87. The van der Waals surface area contributed by atoms with E-state index in [4.69, 9.17) is 9.72 Å². The van der Waals surface area contributed by atoms with Gasteiger partial charge in [-0.25, -0.2) is 4.98 Å². The zero-order valence-corrected chi connectivity index (χ0v) is 18.9. The molecule has 0 aliphatic heterocycles. The van der Waals surface area contributed by atoms with Crippen molar-refractivity contribution in [2.75, 3.05) is 6.61 Å². The van der Waals surface area contributed by atoms with Crippen molar-refractivity contribution in [3.63, 3.8) is 0 Å². The molecule has 0 saturated carbocycles. The number of hydrogen-bond donors (Lipinski definition) is 0. The van der Waals surface area contributed by atoms with Crippen LogP contribution < -0.4 is 4.74 Å². The van der Waals surface area contributed by atoms with E-state index < -0.39 is 0 Å². The highest BCUT2D eigenvalue weighted by atomic mass is 16.5. The summed E-state index contributed by atoms with van der Waals surface area (Å²) in [5.41, 5.74) is 7.68. The molecule has 3 heteroatoms. The van der Waals surface area contributed by atoms with Gasteiger partial charge in [0.25, 0.3) is 0 Å². The quantitative estimate of drug-likeness (QED) is 0.279. The second-order valence-corrected chi connectivity index (χ2v) is 7.93. The maximum Gasteiger partial charge on any atom is 0.141 e. The lowest BCUT2D eigenvalue weighted by atomic mass is 9.99. The molecule has 0 atom stereocenters. The molecule has 0 radical (unpaired) electrons. The van der Waals surface area contributed by atoms with Gasteiger partial charge in [0, 0.05) is 23.7 Å². The molecule has 0 N–H and O–H groups in total. The van der Waals surface area contributed by atoms with Crippen LogP contribution in [0.2, 0.25) is 0 Å². The Labute approximate surface area is 195 Å². The molecule has 0 aliphatic carbocycles. The molecule has 5 rings (SSSR count). The summed E-state index contributed by atoms with van der Waals surface area (Å²) in [7, 11) is 2.10. The summed E-state index contributed by atoms with van der Waals surface area (Å²) >= 11 is 0. The average molecular weight is 431 g/mol. The van der Waals surface area contributed by atoms with Crippen molar-refractivity contribution in [2.24, 2.45) is 7.05 Å². The highest BCUT2D eigenvalue weighted by Crippen LogP contribution is 2.39. The molecule has 0 saturated heterocycles. The molecule has 33 heavy (non-hydrogen) atoms. The molecule has 1 aromatic heterocycles. The van der Waals surface area contributed by atoms with Gasteiger partial charge in [-0.1, -0.05) is 97.1 Å². The Balaban J connectivity index is 1.72. The minimum atomic E-state index is 0.644. The van der Waals surface area contributed by atoms with Crippen molar-refractivity contribution < 1.29 is 4.74 Å². The van der Waals surface area contributed by atoms with Gasteiger partial charge in [0.15, 0.2) is 0 Å². The van der Waals surface area contributed by atoms with Crippen LogP contribution in [0, 0.1) is 0 Å². The molecule has 0 fully saturated rings. The minimum absolute atomic E-state index is 0.644. The predicted molar refractivity (Wildman–Crippen MR) is 136 cm³/mol. The Bertz CT molecular complexity index is 1370. The second kappa shape index (κ2) is 9.17. The third kappa shape index (κ3) is 4.06. The first kappa shape index (κ1) is 20.8. The Hall–Kier alpha value is -4.11. The molecule has 0 amide bonds. The molecule has 3 nitrogen and oxygen atoms in total. The van der Waals surface area contributed by atoms with E-state index in [-0.39, 0.29) is 0 Å². The fourth-order valence-corrected chi connectivity index (χ4v) is 4.31. The molecule has 5 aromatic rings. The zero-order valence-electron chi connectivity index (χ0n) is 18.9. The van der Waals surface area contributed by atoms with Crippen LogP contribution in [0.1, 0.15) is 6.92 Å². The fourth-order valence-electron chi connectivity index (χ4n) is 4.31. The largest absolute Gasteiger partial charge is 0.494 e. The van der Waals surface area contributed by atoms with E-state index in [1.54, 1.807) is 0 Å². The van der Waals surface area contributed by atoms with Crippen molar-refractivity contribution >= 4 is 0 Å². The van der Waals surface area contributed by atoms with Gasteiger partial charge in [-0.05, 0) is 30.2 Å². The predicted octanol–water partition coefficient (Wildman–Crippen LogP) is 7.49. The second-order valence-electron chi connectivity index (χ2n) is 7.93. The molecular weight excluding hydrogens is 404 g/mol. The van der Waals surface area contributed by atoms with Gasteiger partial charge >= 0.3 is 0 Å². The number of nitrogens with zero attached hydrogens (tertiary/aromatic N) is 2. The van der Waals surface area contributed by atoms with Gasteiger partial charge in [0.2, 0.25) is 0 Å². The first-order valence-electron chi connectivity index (χ1n) is 11.3. The molecule has 4 aromatic carbocycles. The highest BCUT2D eigenvalue weighted by Gasteiger charge is 2.20. The van der Waals surface area contributed by atoms with Crippen molar-refractivity contribution in [2.45, 2.75) is 6.92 Å². The lowest BCUT2D eigenvalue weighted by Gasteiger charge is -2.12. The van der Waals surface area contributed by atoms with Crippen LogP contribution in [-0.2, 0) is 7.05 Å². The monoisotopic (exact) mass is 430 g/mol. The van der Waals surface area contributed by atoms with Crippen LogP contribution in [0.15, 0.2) is 109 Å². The van der Waals surface area contributed by atoms with Crippen LogP contribution >= 0.6 is 0 Å². The van der Waals surface area contributed by atoms with Crippen LogP contribution in [0.5, 0.6) is 5.75 Å². The molecule has 0 aliphatic rings. The van der Waals surface area contributed by atoms with Gasteiger partial charge in [-0.2, -0.15) is 0 Å². The Morgan fingerprint density at radius 2 is 1.27 bits per heavy atom. The van der Waals surface area contributed by atoms with Crippen LogP contribution in [0.3, 0.4) is 0 Å². The number of ether oxygens (including phenoxy) is 1. The standard InChI is InChI=1S/C30H26N2O/c1-3-33-25-18-12-17-24(21-25)26-19-10-11-20-27(26)30-31-28(22-13-6-4-7-14-22)29(32(30)2)23-15-8-5-9-16-23/h4-21H,3H2,1-2H3. The molecule has 0 spiro atoms. The maximum absolute atomic E-state index is 5.76. The molecule has 0 bridgehead atoms. The van der Waals surface area contributed by atoms with E-state index in [0.29, 0.717) is 6.61 Å². The number of benzene rings is 4. The lowest BCUT2D eigenvalue weighted by Crippen LogP contribution is -1.97. The van der Waals surface area contributed by atoms with Crippen LogP contribution in [0.4, 0.5) is 0 Å². The number of rotatable bonds is 6. The molecular formula is C30H26N2O. The summed E-state index contributed by atoms with van der Waals surface area (Å²) in [5.74, 6) is 1.81. The normalized spacial score (nSPS) is 10.8. The molecule has 1 heterocycles. The smallest absolute Gasteiger partial charge is 0.141 e. The van der Waals surface area contributed by atoms with E-state index in [1.165, 1.54) is 0 Å². The van der Waals surface area contributed by atoms with Crippen LogP contribution in [-0.4, -0.2) is 16.2 Å². The van der Waals surface area contributed by atoms with E-state index >= 15 is 0 Å². The topological polar surface area (TPSA) is 27.1 Å². The summed E-state index contributed by atoms with van der Waals surface area (Å²) in [6.07, 6.45) is 0. The van der Waals surface area contributed by atoms with E-state index in [2.05, 4.69) is 96.5 Å². The van der Waals surface area contributed by atoms with E-state index in [0.717, 1.165) is 50.8 Å². The lowest BCUT2D eigenvalue weighted by molar-refractivity contribution is 0.340. The SMILES string of the molecule is CCOc1cccc(-c2ccccc2-c2nc(-c3ccccc3)c(-c3ccccc3)n2C)c1. The number of aromatic nitrogens is 2. The third-order valence-electron chi connectivity index (χ3n) is 5.81. The fraction of sp³-hybridized carbons (Fsp3) is 0.100. The van der Waals surface area contributed by atoms with Gasteiger partial charge in [-0.3, -0.25) is 0 Å². The average Bonchev–Trinajstić information content (AvgIpc) is 3.22. The van der Waals surface area contributed by atoms with E-state index in [1.807, 2.05) is 31.2 Å². The van der Waals surface area contributed by atoms with Crippen molar-refractivity contribution in [1.29, 1.82) is 0 Å². The van der Waals surface area contributed by atoms with Gasteiger partial charge in [0.1, 0.15) is 11.6 Å². The summed E-state index contributed by atoms with van der Waals surface area (Å²) in [6.45, 7) is 2.65. The Morgan fingerprint density at radius 1 is 0.667 bits per heavy atom. The Morgan fingerprint density at radius 3 is 1.97 bits per heavy atom. The summed E-state index contributed by atoms with van der Waals surface area (Å²) in [5, 5.41) is 0. The zero-order chi connectivity index (χ0) is 22.6. The van der Waals surface area contributed by atoms with Gasteiger partial charge in [-0.15, -0.1) is 0 Å². The summed E-state index contributed by atoms with van der Waals surface area (Å²) in [4.78, 5) is 5.20. The maximum atomic E-state index is 5.76. The molecule has 0 unspecified atom stereocenters. The summed E-state index contributed by atoms with van der Waals surface area (Å²) < 4.78 is 7.97. The minimum Gasteiger partial charge on any atom is -0.494 e. The van der Waals surface area contributed by atoms with Crippen molar-refractivity contribution in [1.82, 2.24) is 9.55 Å².